The van der Waals surface area contributed by atoms with E-state index in [1.54, 1.807) is 31.2 Å². The minimum absolute atomic E-state index is 0.284. The average Bonchev–Trinajstić information content (AvgIpc) is 2.55. The third-order valence-corrected chi connectivity index (χ3v) is 4.26. The van der Waals surface area contributed by atoms with Crippen LogP contribution in [-0.4, -0.2) is 43.4 Å². The lowest BCUT2D eigenvalue weighted by Gasteiger charge is -2.18. The van der Waals surface area contributed by atoms with Crippen molar-refractivity contribution >= 4 is 41.2 Å². The van der Waals surface area contributed by atoms with Crippen molar-refractivity contribution in [2.45, 2.75) is 29.5 Å². The molecule has 1 amide bonds. The standard InChI is InChI=1S/C15H18ClNO5S/c1-9(23-11-6-4-10(16)5-7-11)14(19)17-12(15(20)22-3)8-13(18)21-2/h4-7,9,12H,8H2,1-3H3,(H,17,19)/t9-,12-/m1/s1. The molecule has 0 aromatic heterocycles. The fraction of sp³-hybridized carbons (Fsp3) is 0.400. The van der Waals surface area contributed by atoms with Crippen LogP contribution in [0.2, 0.25) is 5.02 Å². The zero-order chi connectivity index (χ0) is 17.4. The summed E-state index contributed by atoms with van der Waals surface area (Å²) >= 11 is 7.12. The van der Waals surface area contributed by atoms with Crippen molar-refractivity contribution < 1.29 is 23.9 Å². The van der Waals surface area contributed by atoms with Crippen LogP contribution < -0.4 is 5.32 Å². The van der Waals surface area contributed by atoms with E-state index in [4.69, 9.17) is 11.6 Å². The van der Waals surface area contributed by atoms with Gasteiger partial charge < -0.3 is 14.8 Å². The van der Waals surface area contributed by atoms with Crippen LogP contribution in [0.15, 0.2) is 29.2 Å². The number of carbonyl (C=O) groups excluding carboxylic acids is 3. The van der Waals surface area contributed by atoms with Gasteiger partial charge in [-0.25, -0.2) is 4.79 Å². The van der Waals surface area contributed by atoms with E-state index < -0.39 is 23.2 Å². The van der Waals surface area contributed by atoms with Crippen molar-refractivity contribution in [1.82, 2.24) is 5.32 Å². The number of rotatable bonds is 7. The highest BCUT2D eigenvalue weighted by atomic mass is 35.5. The van der Waals surface area contributed by atoms with Crippen LogP contribution in [0, 0.1) is 0 Å². The molecule has 0 unspecified atom stereocenters. The van der Waals surface area contributed by atoms with Gasteiger partial charge in [0, 0.05) is 9.92 Å². The number of halogens is 1. The highest BCUT2D eigenvalue weighted by molar-refractivity contribution is 8.00. The third kappa shape index (κ3) is 6.50. The third-order valence-electron chi connectivity index (χ3n) is 2.90. The second-order valence-electron chi connectivity index (χ2n) is 4.58. The molecule has 23 heavy (non-hydrogen) atoms. The molecular weight excluding hydrogens is 342 g/mol. The smallest absolute Gasteiger partial charge is 0.328 e. The first kappa shape index (κ1) is 19.3. The van der Waals surface area contributed by atoms with E-state index in [0.717, 1.165) is 4.90 Å². The normalized spacial score (nSPS) is 12.9. The number of benzene rings is 1. The van der Waals surface area contributed by atoms with Crippen LogP contribution in [0.1, 0.15) is 13.3 Å². The van der Waals surface area contributed by atoms with Gasteiger partial charge >= 0.3 is 11.9 Å². The van der Waals surface area contributed by atoms with Gasteiger partial charge in [0.2, 0.25) is 5.91 Å². The Balaban J connectivity index is 2.67. The molecule has 1 rings (SSSR count). The number of methoxy groups -OCH3 is 2. The monoisotopic (exact) mass is 359 g/mol. The molecule has 2 atom stereocenters. The number of thioether (sulfide) groups is 1. The first-order valence-corrected chi connectivity index (χ1v) is 8.00. The Kier molecular flexibility index (Phi) is 7.91. The summed E-state index contributed by atoms with van der Waals surface area (Å²) in [6.07, 6.45) is -0.284. The molecule has 8 heteroatoms. The van der Waals surface area contributed by atoms with Crippen LogP contribution in [-0.2, 0) is 23.9 Å². The summed E-state index contributed by atoms with van der Waals surface area (Å²) in [6.45, 7) is 1.70. The molecule has 0 bridgehead atoms. The van der Waals surface area contributed by atoms with Crippen molar-refractivity contribution in [2.24, 2.45) is 0 Å². The van der Waals surface area contributed by atoms with Crippen molar-refractivity contribution in [2.75, 3.05) is 14.2 Å². The van der Waals surface area contributed by atoms with E-state index in [1.807, 2.05) is 0 Å². The highest BCUT2D eigenvalue weighted by Gasteiger charge is 2.27. The lowest BCUT2D eigenvalue weighted by molar-refractivity contribution is -0.150. The average molecular weight is 360 g/mol. The molecular formula is C15H18ClNO5S. The van der Waals surface area contributed by atoms with Gasteiger partial charge in [-0.3, -0.25) is 9.59 Å². The van der Waals surface area contributed by atoms with E-state index in [2.05, 4.69) is 14.8 Å². The molecule has 0 radical (unpaired) electrons. The predicted molar refractivity (Wildman–Crippen MR) is 87.4 cm³/mol. The topological polar surface area (TPSA) is 81.7 Å². The predicted octanol–water partition coefficient (Wildman–Crippen LogP) is 2.04. The Morgan fingerprint density at radius 1 is 1.17 bits per heavy atom. The summed E-state index contributed by atoms with van der Waals surface area (Å²) in [4.78, 5) is 36.0. The maximum Gasteiger partial charge on any atom is 0.328 e. The molecule has 0 aliphatic carbocycles. The largest absolute Gasteiger partial charge is 0.469 e. The maximum absolute atomic E-state index is 12.2. The van der Waals surface area contributed by atoms with Crippen molar-refractivity contribution in [3.05, 3.63) is 29.3 Å². The van der Waals surface area contributed by atoms with Gasteiger partial charge in [0.15, 0.2) is 0 Å². The Hall–Kier alpha value is -1.73. The lowest BCUT2D eigenvalue weighted by Crippen LogP contribution is -2.45. The second kappa shape index (κ2) is 9.42. The van der Waals surface area contributed by atoms with Crippen LogP contribution >= 0.6 is 23.4 Å². The molecule has 0 spiro atoms. The summed E-state index contributed by atoms with van der Waals surface area (Å²) in [6, 6.07) is 5.96. The van der Waals surface area contributed by atoms with Gasteiger partial charge in [0.1, 0.15) is 6.04 Å². The van der Waals surface area contributed by atoms with Gasteiger partial charge in [-0.2, -0.15) is 0 Å². The number of ether oxygens (including phenoxy) is 2. The molecule has 1 N–H and O–H groups in total. The number of nitrogens with one attached hydrogen (secondary N) is 1. The summed E-state index contributed by atoms with van der Waals surface area (Å²) in [7, 11) is 2.39. The van der Waals surface area contributed by atoms with Crippen molar-refractivity contribution in [1.29, 1.82) is 0 Å². The number of carbonyl (C=O) groups is 3. The number of hydrogen-bond donors (Lipinski definition) is 1. The van der Waals surface area contributed by atoms with E-state index in [0.29, 0.717) is 5.02 Å². The molecule has 0 fully saturated rings. The molecule has 1 aromatic carbocycles. The summed E-state index contributed by atoms with van der Waals surface area (Å²) in [5.41, 5.74) is 0. The first-order chi connectivity index (χ1) is 10.9. The Labute approximate surface area is 143 Å². The lowest BCUT2D eigenvalue weighted by atomic mass is 10.2. The van der Waals surface area contributed by atoms with Crippen LogP contribution in [0.25, 0.3) is 0 Å². The fourth-order valence-corrected chi connectivity index (χ4v) is 2.65. The molecule has 0 aliphatic heterocycles. The SMILES string of the molecule is COC(=O)C[C@@H](NC(=O)[C@@H](C)Sc1ccc(Cl)cc1)C(=O)OC. The second-order valence-corrected chi connectivity index (χ2v) is 6.43. The molecule has 6 nitrogen and oxygen atoms in total. The van der Waals surface area contributed by atoms with Gasteiger partial charge in [-0.05, 0) is 31.2 Å². The highest BCUT2D eigenvalue weighted by Crippen LogP contribution is 2.24. The fourth-order valence-electron chi connectivity index (χ4n) is 1.65. The van der Waals surface area contributed by atoms with E-state index >= 15 is 0 Å². The van der Waals surface area contributed by atoms with Gasteiger partial charge in [0.05, 0.1) is 25.9 Å². The quantitative estimate of drug-likeness (QED) is 0.592. The Morgan fingerprint density at radius 3 is 2.30 bits per heavy atom. The molecule has 1 aromatic rings. The number of amides is 1. The van der Waals surface area contributed by atoms with Crippen molar-refractivity contribution in [3.63, 3.8) is 0 Å². The van der Waals surface area contributed by atoms with Crippen LogP contribution in [0.3, 0.4) is 0 Å². The number of esters is 2. The van der Waals surface area contributed by atoms with Crippen LogP contribution in [0.5, 0.6) is 0 Å². The van der Waals surface area contributed by atoms with Gasteiger partial charge in [-0.1, -0.05) is 11.6 Å². The zero-order valence-corrected chi connectivity index (χ0v) is 14.6. The Bertz CT molecular complexity index is 563. The molecule has 126 valence electrons. The minimum atomic E-state index is -1.08. The molecule has 0 heterocycles. The van der Waals surface area contributed by atoms with E-state index in [9.17, 15) is 14.4 Å². The Morgan fingerprint density at radius 2 is 1.78 bits per heavy atom. The molecule has 0 aliphatic rings. The maximum atomic E-state index is 12.2. The van der Waals surface area contributed by atoms with E-state index in [1.165, 1.54) is 26.0 Å². The molecule has 0 saturated heterocycles. The van der Waals surface area contributed by atoms with E-state index in [-0.39, 0.29) is 12.3 Å². The summed E-state index contributed by atoms with van der Waals surface area (Å²) in [5, 5.41) is 2.64. The number of hydrogen-bond acceptors (Lipinski definition) is 6. The van der Waals surface area contributed by atoms with Crippen molar-refractivity contribution in [3.8, 4) is 0 Å². The van der Waals surface area contributed by atoms with Gasteiger partial charge in [0.25, 0.3) is 0 Å². The minimum Gasteiger partial charge on any atom is -0.469 e. The molecule has 0 saturated carbocycles. The summed E-state index contributed by atoms with van der Waals surface area (Å²) in [5.74, 6) is -1.70. The first-order valence-electron chi connectivity index (χ1n) is 6.74. The summed E-state index contributed by atoms with van der Waals surface area (Å²) < 4.78 is 9.10. The van der Waals surface area contributed by atoms with Crippen LogP contribution in [0.4, 0.5) is 0 Å². The van der Waals surface area contributed by atoms with Gasteiger partial charge in [-0.15, -0.1) is 11.8 Å². The zero-order valence-electron chi connectivity index (χ0n) is 13.0.